The maximum atomic E-state index is 12.5. The molecular formula is C14H18N4O2. The summed E-state index contributed by atoms with van der Waals surface area (Å²) < 4.78 is 5.46. The molecule has 3 rings (SSSR count). The fourth-order valence-electron chi connectivity index (χ4n) is 2.65. The smallest absolute Gasteiger partial charge is 0.257 e. The van der Waals surface area contributed by atoms with Crippen molar-refractivity contribution in [2.75, 3.05) is 26.8 Å². The summed E-state index contributed by atoms with van der Waals surface area (Å²) >= 11 is 0. The van der Waals surface area contributed by atoms with Gasteiger partial charge in [-0.2, -0.15) is 0 Å². The first-order chi connectivity index (χ1) is 9.75. The monoisotopic (exact) mass is 274 g/mol. The largest absolute Gasteiger partial charge is 0.381 e. The maximum absolute atomic E-state index is 12.5. The van der Waals surface area contributed by atoms with Crippen molar-refractivity contribution in [2.45, 2.75) is 12.8 Å². The van der Waals surface area contributed by atoms with Crippen LogP contribution in [0.3, 0.4) is 0 Å². The van der Waals surface area contributed by atoms with Crippen molar-refractivity contribution < 1.29 is 9.53 Å². The standard InChI is InChI=1S/C14H18N4O2/c1-18(7-10-3-2-4-20-8-10)14(19)11-5-15-6-12-13(11)17-9-16-12/h5-6,9-10H,2-4,7-8H2,1H3,(H,16,17). The molecule has 20 heavy (non-hydrogen) atoms. The Morgan fingerprint density at radius 1 is 1.55 bits per heavy atom. The average molecular weight is 274 g/mol. The van der Waals surface area contributed by atoms with Gasteiger partial charge in [-0.1, -0.05) is 0 Å². The molecule has 2 aromatic heterocycles. The number of fused-ring (bicyclic) bond motifs is 1. The van der Waals surface area contributed by atoms with Crippen LogP contribution in [-0.2, 0) is 4.74 Å². The molecule has 0 saturated carbocycles. The van der Waals surface area contributed by atoms with Crippen molar-refractivity contribution in [3.63, 3.8) is 0 Å². The lowest BCUT2D eigenvalue weighted by molar-refractivity contribution is 0.0389. The van der Waals surface area contributed by atoms with E-state index in [9.17, 15) is 4.79 Å². The molecule has 2 aromatic rings. The van der Waals surface area contributed by atoms with E-state index in [2.05, 4.69) is 15.0 Å². The van der Waals surface area contributed by atoms with E-state index in [1.165, 1.54) is 0 Å². The number of hydrogen-bond donors (Lipinski definition) is 1. The van der Waals surface area contributed by atoms with Crippen molar-refractivity contribution in [1.29, 1.82) is 0 Å². The van der Waals surface area contributed by atoms with Crippen LogP contribution < -0.4 is 0 Å². The Labute approximate surface area is 117 Å². The van der Waals surface area contributed by atoms with Gasteiger partial charge in [-0.05, 0) is 18.8 Å². The number of ether oxygens (including phenoxy) is 1. The number of imidazole rings is 1. The fourth-order valence-corrected chi connectivity index (χ4v) is 2.65. The van der Waals surface area contributed by atoms with Crippen molar-refractivity contribution in [3.8, 4) is 0 Å². The highest BCUT2D eigenvalue weighted by atomic mass is 16.5. The van der Waals surface area contributed by atoms with Gasteiger partial charge in [0.2, 0.25) is 0 Å². The van der Waals surface area contributed by atoms with Crippen LogP contribution in [0.25, 0.3) is 11.0 Å². The summed E-state index contributed by atoms with van der Waals surface area (Å²) in [6.45, 7) is 2.28. The number of rotatable bonds is 3. The number of carbonyl (C=O) groups is 1. The van der Waals surface area contributed by atoms with Gasteiger partial charge in [-0.3, -0.25) is 9.78 Å². The first-order valence-corrected chi connectivity index (χ1v) is 6.86. The number of pyridine rings is 1. The summed E-state index contributed by atoms with van der Waals surface area (Å²) in [5, 5.41) is 0. The van der Waals surface area contributed by atoms with Crippen LogP contribution in [-0.4, -0.2) is 52.6 Å². The van der Waals surface area contributed by atoms with Gasteiger partial charge in [-0.15, -0.1) is 0 Å². The topological polar surface area (TPSA) is 71.1 Å². The number of amides is 1. The lowest BCUT2D eigenvalue weighted by Crippen LogP contribution is -2.35. The lowest BCUT2D eigenvalue weighted by Gasteiger charge is -2.27. The normalized spacial score (nSPS) is 19.1. The summed E-state index contributed by atoms with van der Waals surface area (Å²) in [5.41, 5.74) is 2.00. The van der Waals surface area contributed by atoms with Gasteiger partial charge < -0.3 is 14.6 Å². The first-order valence-electron chi connectivity index (χ1n) is 6.86. The summed E-state index contributed by atoms with van der Waals surface area (Å²) in [6, 6.07) is 0. The van der Waals surface area contributed by atoms with Gasteiger partial charge in [0.25, 0.3) is 5.91 Å². The van der Waals surface area contributed by atoms with Crippen molar-refractivity contribution in [3.05, 3.63) is 24.3 Å². The number of nitrogens with one attached hydrogen (secondary N) is 1. The van der Waals surface area contributed by atoms with Gasteiger partial charge in [0, 0.05) is 26.4 Å². The van der Waals surface area contributed by atoms with E-state index in [-0.39, 0.29) is 5.91 Å². The predicted molar refractivity (Wildman–Crippen MR) is 74.4 cm³/mol. The van der Waals surface area contributed by atoms with Crippen LogP contribution in [0.1, 0.15) is 23.2 Å². The highest BCUT2D eigenvalue weighted by Gasteiger charge is 2.21. The average Bonchev–Trinajstić information content (AvgIpc) is 2.96. The van der Waals surface area contributed by atoms with Crippen molar-refractivity contribution in [2.24, 2.45) is 5.92 Å². The molecule has 1 aliphatic heterocycles. The zero-order chi connectivity index (χ0) is 13.9. The van der Waals surface area contributed by atoms with E-state index in [0.29, 0.717) is 23.5 Å². The molecule has 0 radical (unpaired) electrons. The number of hydrogen-bond acceptors (Lipinski definition) is 4. The zero-order valence-corrected chi connectivity index (χ0v) is 11.5. The number of nitrogens with zero attached hydrogens (tertiary/aromatic N) is 3. The highest BCUT2D eigenvalue weighted by molar-refractivity contribution is 6.04. The Hall–Kier alpha value is -1.95. The molecule has 1 unspecified atom stereocenters. The van der Waals surface area contributed by atoms with Crippen molar-refractivity contribution >= 4 is 16.9 Å². The molecule has 0 aliphatic carbocycles. The Morgan fingerprint density at radius 3 is 3.25 bits per heavy atom. The first kappa shape index (κ1) is 13.1. The summed E-state index contributed by atoms with van der Waals surface area (Å²) in [4.78, 5) is 25.5. The van der Waals surface area contributed by atoms with E-state index in [1.807, 2.05) is 7.05 Å². The summed E-state index contributed by atoms with van der Waals surface area (Å²) in [7, 11) is 1.82. The van der Waals surface area contributed by atoms with E-state index < -0.39 is 0 Å². The Balaban J connectivity index is 1.75. The van der Waals surface area contributed by atoms with Gasteiger partial charge in [-0.25, -0.2) is 4.98 Å². The predicted octanol–water partition coefficient (Wildman–Crippen LogP) is 1.46. The van der Waals surface area contributed by atoms with Crippen LogP contribution in [0.4, 0.5) is 0 Å². The second kappa shape index (κ2) is 5.58. The van der Waals surface area contributed by atoms with E-state index in [1.54, 1.807) is 23.6 Å². The van der Waals surface area contributed by atoms with E-state index in [0.717, 1.165) is 31.6 Å². The molecule has 0 aromatic carbocycles. The molecule has 6 heteroatoms. The Morgan fingerprint density at radius 2 is 2.45 bits per heavy atom. The molecular weight excluding hydrogens is 256 g/mol. The molecule has 1 saturated heterocycles. The number of aromatic amines is 1. The molecule has 1 amide bonds. The maximum Gasteiger partial charge on any atom is 0.257 e. The van der Waals surface area contributed by atoms with E-state index >= 15 is 0 Å². The van der Waals surface area contributed by atoms with Crippen molar-refractivity contribution in [1.82, 2.24) is 19.9 Å². The van der Waals surface area contributed by atoms with Gasteiger partial charge in [0.1, 0.15) is 5.52 Å². The third-order valence-electron chi connectivity index (χ3n) is 3.69. The van der Waals surface area contributed by atoms with Gasteiger partial charge in [0.15, 0.2) is 0 Å². The SMILES string of the molecule is CN(CC1CCCOC1)C(=O)c1cncc2[nH]cnc12. The lowest BCUT2D eigenvalue weighted by atomic mass is 10.0. The fraction of sp³-hybridized carbons (Fsp3) is 0.500. The number of carbonyl (C=O) groups excluding carboxylic acids is 1. The van der Waals surface area contributed by atoms with Crippen LogP contribution in [0, 0.1) is 5.92 Å². The molecule has 0 bridgehead atoms. The van der Waals surface area contributed by atoms with Gasteiger partial charge in [0.05, 0.1) is 30.2 Å². The molecule has 1 aliphatic rings. The minimum Gasteiger partial charge on any atom is -0.381 e. The Bertz CT molecular complexity index is 604. The van der Waals surface area contributed by atoms with Gasteiger partial charge >= 0.3 is 0 Å². The molecule has 106 valence electrons. The van der Waals surface area contributed by atoms with Crippen LogP contribution >= 0.6 is 0 Å². The minimum absolute atomic E-state index is 0.0410. The second-order valence-corrected chi connectivity index (χ2v) is 5.25. The van der Waals surface area contributed by atoms with Crippen LogP contribution in [0.5, 0.6) is 0 Å². The molecule has 1 N–H and O–H groups in total. The molecule has 1 atom stereocenters. The number of aromatic nitrogens is 3. The molecule has 1 fully saturated rings. The molecule has 3 heterocycles. The molecule has 6 nitrogen and oxygen atoms in total. The quantitative estimate of drug-likeness (QED) is 0.919. The van der Waals surface area contributed by atoms with E-state index in [4.69, 9.17) is 4.74 Å². The summed E-state index contributed by atoms with van der Waals surface area (Å²) in [5.74, 6) is 0.379. The minimum atomic E-state index is -0.0410. The third kappa shape index (κ3) is 2.51. The second-order valence-electron chi connectivity index (χ2n) is 5.25. The Kier molecular flexibility index (Phi) is 3.64. The third-order valence-corrected chi connectivity index (χ3v) is 3.69. The number of H-pyrrole nitrogens is 1. The van der Waals surface area contributed by atoms with Crippen LogP contribution in [0.2, 0.25) is 0 Å². The van der Waals surface area contributed by atoms with Crippen LogP contribution in [0.15, 0.2) is 18.7 Å². The molecule has 0 spiro atoms. The zero-order valence-electron chi connectivity index (χ0n) is 11.5. The summed E-state index contributed by atoms with van der Waals surface area (Å²) in [6.07, 6.45) is 7.03. The highest BCUT2D eigenvalue weighted by Crippen LogP contribution is 2.18.